The molecular formula is C19H14F3NO3. The van der Waals surface area contributed by atoms with E-state index in [0.717, 1.165) is 16.7 Å². The van der Waals surface area contributed by atoms with Gasteiger partial charge in [0.2, 0.25) is 11.4 Å². The number of fused-ring (bicyclic) bond motifs is 1. The summed E-state index contributed by atoms with van der Waals surface area (Å²) in [6.07, 6.45) is 0. The molecule has 0 fully saturated rings. The average molecular weight is 361 g/mol. The van der Waals surface area contributed by atoms with Crippen molar-refractivity contribution in [1.29, 1.82) is 0 Å². The van der Waals surface area contributed by atoms with Gasteiger partial charge in [0.05, 0.1) is 23.2 Å². The number of ether oxygens (including phenoxy) is 1. The van der Waals surface area contributed by atoms with Crippen molar-refractivity contribution < 1.29 is 22.7 Å². The van der Waals surface area contributed by atoms with Crippen LogP contribution in [0.4, 0.5) is 13.2 Å². The fourth-order valence-electron chi connectivity index (χ4n) is 2.85. The second-order valence-electron chi connectivity index (χ2n) is 5.62. The number of nitrogens with zero attached hydrogens (tertiary/aromatic N) is 1. The van der Waals surface area contributed by atoms with Crippen LogP contribution in [0.15, 0.2) is 41.2 Å². The maximum Gasteiger partial charge on any atom is 0.346 e. The highest BCUT2D eigenvalue weighted by molar-refractivity contribution is 5.95. The summed E-state index contributed by atoms with van der Waals surface area (Å²) in [7, 11) is 0. The van der Waals surface area contributed by atoms with E-state index in [4.69, 9.17) is 4.74 Å². The molecule has 4 nitrogen and oxygen atoms in total. The molecule has 1 heterocycles. The van der Waals surface area contributed by atoms with E-state index in [1.165, 1.54) is 13.0 Å². The number of carbonyl (C=O) groups is 1. The Labute approximate surface area is 146 Å². The predicted octanol–water partition coefficient (Wildman–Crippen LogP) is 3.89. The van der Waals surface area contributed by atoms with Gasteiger partial charge in [-0.2, -0.15) is 4.39 Å². The molecule has 0 amide bonds. The number of esters is 1. The van der Waals surface area contributed by atoms with Gasteiger partial charge in [-0.25, -0.2) is 13.6 Å². The Morgan fingerprint density at radius 1 is 1.15 bits per heavy atom. The maximum absolute atomic E-state index is 15.1. The van der Waals surface area contributed by atoms with Gasteiger partial charge in [-0.15, -0.1) is 0 Å². The maximum atomic E-state index is 15.1. The van der Waals surface area contributed by atoms with Gasteiger partial charge >= 0.3 is 5.97 Å². The van der Waals surface area contributed by atoms with Crippen LogP contribution in [0.25, 0.3) is 16.6 Å². The van der Waals surface area contributed by atoms with Crippen molar-refractivity contribution in [3.8, 4) is 5.69 Å². The van der Waals surface area contributed by atoms with Crippen molar-refractivity contribution in [3.63, 3.8) is 0 Å². The molecule has 0 aliphatic heterocycles. The van der Waals surface area contributed by atoms with Crippen molar-refractivity contribution in [2.24, 2.45) is 0 Å². The molecule has 0 aliphatic carbocycles. The van der Waals surface area contributed by atoms with Crippen molar-refractivity contribution in [3.05, 3.63) is 75.3 Å². The quantitative estimate of drug-likeness (QED) is 0.525. The number of aromatic nitrogens is 1. The van der Waals surface area contributed by atoms with E-state index in [9.17, 15) is 18.4 Å². The highest BCUT2D eigenvalue weighted by Crippen LogP contribution is 2.25. The van der Waals surface area contributed by atoms with Gasteiger partial charge in [-0.1, -0.05) is 12.1 Å². The number of pyridine rings is 1. The lowest BCUT2D eigenvalue weighted by Crippen LogP contribution is -2.25. The number of halogens is 3. The van der Waals surface area contributed by atoms with E-state index in [2.05, 4.69) is 0 Å². The number of benzene rings is 2. The van der Waals surface area contributed by atoms with Gasteiger partial charge in [0.1, 0.15) is 11.6 Å². The van der Waals surface area contributed by atoms with Gasteiger partial charge < -0.3 is 4.74 Å². The van der Waals surface area contributed by atoms with E-state index >= 15 is 4.39 Å². The van der Waals surface area contributed by atoms with Gasteiger partial charge in [0.15, 0.2) is 5.56 Å². The van der Waals surface area contributed by atoms with Crippen LogP contribution in [0.3, 0.4) is 0 Å². The smallest absolute Gasteiger partial charge is 0.346 e. The third kappa shape index (κ3) is 2.75. The van der Waals surface area contributed by atoms with Gasteiger partial charge in [-0.05, 0) is 37.6 Å². The minimum absolute atomic E-state index is 0.0562. The van der Waals surface area contributed by atoms with Crippen LogP contribution in [-0.4, -0.2) is 17.1 Å². The van der Waals surface area contributed by atoms with Crippen LogP contribution in [0.5, 0.6) is 0 Å². The van der Waals surface area contributed by atoms with Crippen LogP contribution in [0.1, 0.15) is 22.8 Å². The van der Waals surface area contributed by atoms with Gasteiger partial charge in [0.25, 0.3) is 0 Å². The lowest BCUT2D eigenvalue weighted by Gasteiger charge is -2.16. The molecule has 0 saturated carbocycles. The summed E-state index contributed by atoms with van der Waals surface area (Å²) in [4.78, 5) is 24.8. The van der Waals surface area contributed by atoms with Crippen molar-refractivity contribution in [2.45, 2.75) is 13.8 Å². The van der Waals surface area contributed by atoms with Crippen molar-refractivity contribution >= 4 is 16.9 Å². The Bertz CT molecular complexity index is 1090. The van der Waals surface area contributed by atoms with E-state index in [-0.39, 0.29) is 23.2 Å². The van der Waals surface area contributed by atoms with Crippen molar-refractivity contribution in [2.75, 3.05) is 6.61 Å². The van der Waals surface area contributed by atoms with E-state index < -0.39 is 34.5 Å². The Morgan fingerprint density at radius 3 is 2.54 bits per heavy atom. The van der Waals surface area contributed by atoms with E-state index in [1.54, 1.807) is 19.1 Å². The first kappa shape index (κ1) is 17.7. The van der Waals surface area contributed by atoms with E-state index in [1.807, 2.05) is 0 Å². The zero-order valence-corrected chi connectivity index (χ0v) is 14.0. The second-order valence-corrected chi connectivity index (χ2v) is 5.62. The first-order valence-electron chi connectivity index (χ1n) is 7.83. The number of carbonyl (C=O) groups excluding carboxylic acids is 1. The monoisotopic (exact) mass is 361 g/mol. The summed E-state index contributed by atoms with van der Waals surface area (Å²) < 4.78 is 48.2. The summed E-state index contributed by atoms with van der Waals surface area (Å²) in [6.45, 7) is 3.07. The number of rotatable bonds is 3. The molecule has 3 aromatic rings. The molecule has 0 unspecified atom stereocenters. The van der Waals surface area contributed by atoms with Crippen LogP contribution in [0.2, 0.25) is 0 Å². The largest absolute Gasteiger partial charge is 0.462 e. The molecule has 0 radical (unpaired) electrons. The molecule has 3 rings (SSSR count). The lowest BCUT2D eigenvalue weighted by molar-refractivity contribution is 0.0518. The molecular weight excluding hydrogens is 347 g/mol. The molecule has 134 valence electrons. The molecule has 26 heavy (non-hydrogen) atoms. The summed E-state index contributed by atoms with van der Waals surface area (Å²) in [5, 5.41) is 0.0562. The summed E-state index contributed by atoms with van der Waals surface area (Å²) in [5.74, 6) is -4.28. The number of aryl methyl sites for hydroxylation is 1. The minimum atomic E-state index is -1.27. The zero-order valence-electron chi connectivity index (χ0n) is 14.0. The minimum Gasteiger partial charge on any atom is -0.462 e. The fraction of sp³-hybridized carbons (Fsp3) is 0.158. The van der Waals surface area contributed by atoms with Crippen LogP contribution >= 0.6 is 0 Å². The lowest BCUT2D eigenvalue weighted by atomic mass is 10.1. The van der Waals surface area contributed by atoms with E-state index in [0.29, 0.717) is 11.6 Å². The molecule has 0 atom stereocenters. The first-order valence-corrected chi connectivity index (χ1v) is 7.83. The highest BCUT2D eigenvalue weighted by atomic mass is 19.1. The van der Waals surface area contributed by atoms with Crippen LogP contribution in [-0.2, 0) is 4.74 Å². The molecule has 0 N–H and O–H groups in total. The zero-order chi connectivity index (χ0) is 19.0. The average Bonchev–Trinajstić information content (AvgIpc) is 2.56. The SMILES string of the molecule is CCOC(=O)c1c(F)n(-c2ccc(F)cc2F)c2cccc(C)c2c1=O. The Kier molecular flexibility index (Phi) is 4.54. The molecule has 7 heteroatoms. The van der Waals surface area contributed by atoms with Gasteiger partial charge in [-0.3, -0.25) is 9.36 Å². The topological polar surface area (TPSA) is 48.3 Å². The van der Waals surface area contributed by atoms with Crippen LogP contribution in [0, 0.1) is 24.5 Å². The summed E-state index contributed by atoms with van der Waals surface area (Å²) >= 11 is 0. The fourth-order valence-corrected chi connectivity index (χ4v) is 2.85. The second kappa shape index (κ2) is 6.67. The third-order valence-corrected chi connectivity index (χ3v) is 3.98. The predicted molar refractivity (Wildman–Crippen MR) is 90.1 cm³/mol. The van der Waals surface area contributed by atoms with Crippen molar-refractivity contribution in [1.82, 2.24) is 4.57 Å². The summed E-state index contributed by atoms with van der Waals surface area (Å²) in [5.41, 5.74) is -1.45. The molecule has 0 saturated heterocycles. The number of hydrogen-bond donors (Lipinski definition) is 0. The van der Waals surface area contributed by atoms with Gasteiger partial charge in [0, 0.05) is 6.07 Å². The number of hydrogen-bond acceptors (Lipinski definition) is 3. The molecule has 1 aromatic heterocycles. The Balaban J connectivity index is 2.51. The molecule has 0 aliphatic rings. The first-order chi connectivity index (χ1) is 12.4. The normalized spacial score (nSPS) is 11.0. The standard InChI is InChI=1S/C19H14F3NO3/c1-3-26-19(25)16-17(24)15-10(2)5-4-6-14(15)23(18(16)22)13-8-7-11(20)9-12(13)21/h4-9H,3H2,1-2H3. The Morgan fingerprint density at radius 2 is 1.88 bits per heavy atom. The summed E-state index contributed by atoms with van der Waals surface area (Å²) in [6, 6.07) is 7.19. The molecule has 2 aromatic carbocycles. The third-order valence-electron chi connectivity index (χ3n) is 3.98. The molecule has 0 bridgehead atoms. The molecule has 0 spiro atoms. The van der Waals surface area contributed by atoms with Crippen LogP contribution < -0.4 is 5.43 Å². The highest BCUT2D eigenvalue weighted by Gasteiger charge is 2.26. The Hall–Kier alpha value is -3.09.